The van der Waals surface area contributed by atoms with E-state index >= 15 is 0 Å². The third-order valence-corrected chi connectivity index (χ3v) is 6.92. The molecular formula is C27H26N4O2. The normalized spacial score (nSPS) is 20.3. The van der Waals surface area contributed by atoms with Crippen molar-refractivity contribution in [2.24, 2.45) is 11.8 Å². The van der Waals surface area contributed by atoms with Gasteiger partial charge in [0.2, 0.25) is 0 Å². The van der Waals surface area contributed by atoms with E-state index in [1.807, 2.05) is 35.2 Å². The third-order valence-electron chi connectivity index (χ3n) is 6.92. The fraction of sp³-hybridized carbons (Fsp3) is 0.259. The van der Waals surface area contributed by atoms with E-state index in [1.54, 1.807) is 0 Å². The Bertz CT molecular complexity index is 1250. The highest BCUT2D eigenvalue weighted by molar-refractivity contribution is 5.98. The van der Waals surface area contributed by atoms with Crippen molar-refractivity contribution in [2.75, 3.05) is 31.5 Å². The number of rotatable bonds is 4. The largest absolute Gasteiger partial charge is 0.354 e. The summed E-state index contributed by atoms with van der Waals surface area (Å²) in [7, 11) is 0. The number of hydrogen-bond donors (Lipinski definition) is 1. The minimum atomic E-state index is -0.0912. The monoisotopic (exact) mass is 438 g/mol. The number of aromatic nitrogens is 1. The molecule has 6 rings (SSSR count). The Morgan fingerprint density at radius 1 is 0.848 bits per heavy atom. The van der Waals surface area contributed by atoms with Gasteiger partial charge in [0.05, 0.1) is 5.39 Å². The van der Waals surface area contributed by atoms with E-state index in [0.717, 1.165) is 38.1 Å². The molecule has 0 spiro atoms. The number of para-hydroxylation sites is 1. The summed E-state index contributed by atoms with van der Waals surface area (Å²) >= 11 is 0. The van der Waals surface area contributed by atoms with Gasteiger partial charge >= 0.3 is 6.03 Å². The topological polar surface area (TPSA) is 61.6 Å². The lowest BCUT2D eigenvalue weighted by Gasteiger charge is -2.21. The van der Waals surface area contributed by atoms with E-state index in [1.165, 1.54) is 16.7 Å². The lowest BCUT2D eigenvalue weighted by Crippen LogP contribution is -2.36. The van der Waals surface area contributed by atoms with Crippen molar-refractivity contribution in [2.45, 2.75) is 6.54 Å². The van der Waals surface area contributed by atoms with Gasteiger partial charge in [-0.1, -0.05) is 71.9 Å². The van der Waals surface area contributed by atoms with Crippen LogP contribution in [0.5, 0.6) is 0 Å². The van der Waals surface area contributed by atoms with Crippen LogP contribution >= 0.6 is 0 Å². The number of hydrogen-bond acceptors (Lipinski definition) is 4. The Kier molecular flexibility index (Phi) is 5.07. The fourth-order valence-electron chi connectivity index (χ4n) is 5.23. The number of carbonyl (C=O) groups excluding carboxylic acids is 1. The zero-order valence-corrected chi connectivity index (χ0v) is 18.4. The van der Waals surface area contributed by atoms with E-state index in [-0.39, 0.29) is 6.03 Å². The Balaban J connectivity index is 1.04. The van der Waals surface area contributed by atoms with Gasteiger partial charge in [-0.2, -0.15) is 0 Å². The molecule has 2 amide bonds. The molecule has 2 aliphatic rings. The minimum absolute atomic E-state index is 0.0912. The van der Waals surface area contributed by atoms with Crippen molar-refractivity contribution in [3.63, 3.8) is 0 Å². The second kappa shape index (κ2) is 8.37. The molecule has 6 heteroatoms. The molecule has 4 aromatic rings. The quantitative estimate of drug-likeness (QED) is 0.482. The fourth-order valence-corrected chi connectivity index (χ4v) is 5.23. The molecule has 3 heterocycles. The van der Waals surface area contributed by atoms with Gasteiger partial charge in [-0.25, -0.2) is 4.79 Å². The molecule has 166 valence electrons. The van der Waals surface area contributed by atoms with Crippen LogP contribution in [0.2, 0.25) is 0 Å². The van der Waals surface area contributed by atoms with E-state index in [0.29, 0.717) is 23.2 Å². The van der Waals surface area contributed by atoms with Crippen molar-refractivity contribution in [1.29, 1.82) is 0 Å². The zero-order valence-electron chi connectivity index (χ0n) is 18.4. The highest BCUT2D eigenvalue weighted by Gasteiger charge is 2.41. The number of nitrogens with zero attached hydrogens (tertiary/aromatic N) is 3. The number of benzene rings is 3. The van der Waals surface area contributed by atoms with Gasteiger partial charge in [-0.05, 0) is 40.7 Å². The van der Waals surface area contributed by atoms with E-state index in [4.69, 9.17) is 4.52 Å². The second-order valence-electron chi connectivity index (χ2n) is 9.14. The lowest BCUT2D eigenvalue weighted by atomic mass is 10.0. The number of nitrogens with one attached hydrogen (secondary N) is 1. The average Bonchev–Trinajstić information content (AvgIpc) is 3.54. The molecule has 2 fully saturated rings. The zero-order chi connectivity index (χ0) is 22.2. The maximum atomic E-state index is 12.8. The predicted octanol–water partition coefficient (Wildman–Crippen LogP) is 5.09. The van der Waals surface area contributed by atoms with Crippen molar-refractivity contribution < 1.29 is 9.32 Å². The highest BCUT2D eigenvalue weighted by Crippen LogP contribution is 2.33. The summed E-state index contributed by atoms with van der Waals surface area (Å²) in [6.07, 6.45) is 0. The number of amides is 2. The predicted molar refractivity (Wildman–Crippen MR) is 129 cm³/mol. The summed E-state index contributed by atoms with van der Waals surface area (Å²) in [5.41, 5.74) is 4.51. The van der Waals surface area contributed by atoms with Crippen LogP contribution in [0.15, 0.2) is 83.4 Å². The van der Waals surface area contributed by atoms with Crippen LogP contribution < -0.4 is 5.32 Å². The third kappa shape index (κ3) is 3.98. The maximum absolute atomic E-state index is 12.8. The van der Waals surface area contributed by atoms with Crippen LogP contribution in [0.3, 0.4) is 0 Å². The lowest BCUT2D eigenvalue weighted by molar-refractivity contribution is 0.211. The number of likely N-dealkylation sites (tertiary alicyclic amines) is 2. The summed E-state index contributed by atoms with van der Waals surface area (Å²) < 4.78 is 5.30. The molecule has 0 unspecified atom stereocenters. The van der Waals surface area contributed by atoms with Gasteiger partial charge in [0.15, 0.2) is 11.4 Å². The van der Waals surface area contributed by atoms with Crippen molar-refractivity contribution in [1.82, 2.24) is 15.0 Å². The van der Waals surface area contributed by atoms with Crippen molar-refractivity contribution in [3.05, 3.63) is 84.4 Å². The van der Waals surface area contributed by atoms with Crippen LogP contribution in [-0.2, 0) is 6.54 Å². The van der Waals surface area contributed by atoms with Crippen molar-refractivity contribution in [3.8, 4) is 11.1 Å². The van der Waals surface area contributed by atoms with Crippen LogP contribution in [0.4, 0.5) is 10.6 Å². The van der Waals surface area contributed by atoms with Gasteiger partial charge in [0.25, 0.3) is 0 Å². The minimum Gasteiger partial charge on any atom is -0.354 e. The molecule has 2 atom stereocenters. The standard InChI is InChI=1S/C27H26N4O2/c32-27(28-26-24-8-4-5-9-25(24)33-29-26)31-17-22-15-30(16-23(22)18-31)14-19-10-12-21(13-11-19)20-6-2-1-3-7-20/h1-13,22-23H,14-18H2,(H,28,29,32)/t22-,23+. The number of carbonyl (C=O) groups is 1. The van der Waals surface area contributed by atoms with Gasteiger partial charge in [0.1, 0.15) is 0 Å². The number of urea groups is 1. The smallest absolute Gasteiger partial charge is 0.323 e. The molecule has 0 saturated carbocycles. The SMILES string of the molecule is O=C(Nc1noc2ccccc12)N1C[C@H]2CN(Cc3ccc(-c4ccccc4)cc3)C[C@H]2C1. The molecule has 6 nitrogen and oxygen atoms in total. The van der Waals surface area contributed by atoms with Gasteiger partial charge in [-0.15, -0.1) is 0 Å². The molecule has 0 aliphatic carbocycles. The first-order valence-electron chi connectivity index (χ1n) is 11.5. The number of anilines is 1. The summed E-state index contributed by atoms with van der Waals surface area (Å²) in [4.78, 5) is 17.3. The molecule has 0 bridgehead atoms. The molecule has 2 saturated heterocycles. The van der Waals surface area contributed by atoms with Crippen LogP contribution in [0.1, 0.15) is 5.56 Å². The van der Waals surface area contributed by atoms with Crippen LogP contribution in [0, 0.1) is 11.8 Å². The first kappa shape index (κ1) is 20.0. The molecule has 33 heavy (non-hydrogen) atoms. The van der Waals surface area contributed by atoms with Gasteiger partial charge in [0, 0.05) is 32.7 Å². The summed E-state index contributed by atoms with van der Waals surface area (Å²) in [5.74, 6) is 1.54. The molecule has 1 aromatic heterocycles. The molecule has 0 radical (unpaired) electrons. The number of fused-ring (bicyclic) bond motifs is 2. The first-order valence-corrected chi connectivity index (χ1v) is 11.5. The van der Waals surface area contributed by atoms with Crippen molar-refractivity contribution >= 4 is 22.8 Å². The van der Waals surface area contributed by atoms with E-state index in [9.17, 15) is 4.79 Å². The van der Waals surface area contributed by atoms with Crippen LogP contribution in [0.25, 0.3) is 22.1 Å². The molecular weight excluding hydrogens is 412 g/mol. The molecule has 1 N–H and O–H groups in total. The van der Waals surface area contributed by atoms with E-state index < -0.39 is 0 Å². The molecule has 3 aromatic carbocycles. The Hall–Kier alpha value is -3.64. The maximum Gasteiger partial charge on any atom is 0.323 e. The Labute approximate surface area is 192 Å². The molecule has 2 aliphatic heterocycles. The van der Waals surface area contributed by atoms with Gasteiger partial charge in [-0.3, -0.25) is 10.2 Å². The average molecular weight is 439 g/mol. The first-order chi connectivity index (χ1) is 16.2. The Morgan fingerprint density at radius 2 is 1.52 bits per heavy atom. The summed E-state index contributed by atoms with van der Waals surface area (Å²) in [6.45, 7) is 4.59. The van der Waals surface area contributed by atoms with E-state index in [2.05, 4.69) is 63.9 Å². The van der Waals surface area contributed by atoms with Crippen LogP contribution in [-0.4, -0.2) is 47.2 Å². The summed E-state index contributed by atoms with van der Waals surface area (Å²) in [6, 6.07) is 26.8. The highest BCUT2D eigenvalue weighted by atomic mass is 16.5. The Morgan fingerprint density at radius 3 is 2.27 bits per heavy atom. The second-order valence-corrected chi connectivity index (χ2v) is 9.14. The van der Waals surface area contributed by atoms with Gasteiger partial charge < -0.3 is 9.42 Å². The summed E-state index contributed by atoms with van der Waals surface area (Å²) in [5, 5.41) is 7.78.